The highest BCUT2D eigenvalue weighted by Gasteiger charge is 2.29. The van der Waals surface area contributed by atoms with Crippen molar-refractivity contribution >= 4 is 6.09 Å². The number of nitrogens with zero attached hydrogens (tertiary/aromatic N) is 2. The van der Waals surface area contributed by atoms with E-state index in [2.05, 4.69) is 22.1 Å². The second-order valence-corrected chi connectivity index (χ2v) is 7.31. The second kappa shape index (κ2) is 6.67. The molecule has 1 amide bonds. The van der Waals surface area contributed by atoms with Gasteiger partial charge in [0.05, 0.1) is 11.9 Å². The van der Waals surface area contributed by atoms with Gasteiger partial charge in [-0.25, -0.2) is 9.78 Å². The number of benzene rings is 1. The Balaban J connectivity index is 1.69. The number of ether oxygens (including phenoxy) is 1. The molecule has 0 saturated carbocycles. The second-order valence-electron chi connectivity index (χ2n) is 7.31. The van der Waals surface area contributed by atoms with Crippen LogP contribution < -0.4 is 0 Å². The van der Waals surface area contributed by atoms with Gasteiger partial charge in [0.1, 0.15) is 11.4 Å². The number of likely N-dealkylation sites (tertiary alicyclic amines) is 1. The fourth-order valence-corrected chi connectivity index (χ4v) is 3.00. The minimum Gasteiger partial charge on any atom is -0.444 e. The van der Waals surface area contributed by atoms with Crippen molar-refractivity contribution in [2.75, 3.05) is 13.1 Å². The van der Waals surface area contributed by atoms with Crippen LogP contribution in [0.1, 0.15) is 45.4 Å². The Kier molecular flexibility index (Phi) is 4.60. The predicted octanol–water partition coefficient (Wildman–Crippen LogP) is 4.19. The van der Waals surface area contributed by atoms with Crippen molar-refractivity contribution in [3.8, 4) is 11.3 Å². The van der Waals surface area contributed by atoms with Crippen molar-refractivity contribution in [3.05, 3.63) is 42.4 Å². The monoisotopic (exact) mass is 327 g/mol. The number of imidazole rings is 1. The average Bonchev–Trinajstić information content (AvgIpc) is 3.04. The maximum absolute atomic E-state index is 12.3. The Hall–Kier alpha value is -2.30. The van der Waals surface area contributed by atoms with Crippen molar-refractivity contribution < 1.29 is 9.53 Å². The molecule has 1 aliphatic heterocycles. The Labute approximate surface area is 143 Å². The molecule has 5 nitrogen and oxygen atoms in total. The van der Waals surface area contributed by atoms with Crippen molar-refractivity contribution in [3.63, 3.8) is 0 Å². The van der Waals surface area contributed by atoms with Crippen LogP contribution in [0.15, 0.2) is 36.5 Å². The summed E-state index contributed by atoms with van der Waals surface area (Å²) >= 11 is 0. The van der Waals surface area contributed by atoms with Crippen molar-refractivity contribution in [1.29, 1.82) is 0 Å². The molecule has 1 atom stereocenters. The number of piperidine rings is 1. The Morgan fingerprint density at radius 1 is 1.29 bits per heavy atom. The molecule has 2 aromatic rings. The molecule has 1 saturated heterocycles. The van der Waals surface area contributed by atoms with Crippen LogP contribution >= 0.6 is 0 Å². The predicted molar refractivity (Wildman–Crippen MR) is 93.8 cm³/mol. The van der Waals surface area contributed by atoms with E-state index in [1.165, 1.54) is 0 Å². The Bertz CT molecular complexity index is 688. The number of hydrogen-bond acceptors (Lipinski definition) is 3. The van der Waals surface area contributed by atoms with Gasteiger partial charge < -0.3 is 14.6 Å². The Morgan fingerprint density at radius 3 is 2.75 bits per heavy atom. The van der Waals surface area contributed by atoms with Gasteiger partial charge in [-0.3, -0.25) is 0 Å². The van der Waals surface area contributed by atoms with Gasteiger partial charge >= 0.3 is 6.09 Å². The number of H-pyrrole nitrogens is 1. The third-order valence-electron chi connectivity index (χ3n) is 4.14. The molecule has 1 N–H and O–H groups in total. The highest BCUT2D eigenvalue weighted by Crippen LogP contribution is 2.28. The van der Waals surface area contributed by atoms with Gasteiger partial charge in [-0.15, -0.1) is 0 Å². The largest absolute Gasteiger partial charge is 0.444 e. The third kappa shape index (κ3) is 3.96. The molecule has 5 heteroatoms. The average molecular weight is 327 g/mol. The molecule has 0 spiro atoms. The highest BCUT2D eigenvalue weighted by atomic mass is 16.6. The number of carbonyl (C=O) groups is 1. The van der Waals surface area contributed by atoms with Gasteiger partial charge in [0, 0.05) is 19.0 Å². The van der Waals surface area contributed by atoms with Crippen LogP contribution in [0, 0.1) is 0 Å². The van der Waals surface area contributed by atoms with E-state index in [4.69, 9.17) is 4.74 Å². The lowest BCUT2D eigenvalue weighted by molar-refractivity contribution is 0.0196. The van der Waals surface area contributed by atoms with Gasteiger partial charge in [0.2, 0.25) is 0 Å². The number of amides is 1. The van der Waals surface area contributed by atoms with Crippen molar-refractivity contribution in [2.45, 2.75) is 45.1 Å². The lowest BCUT2D eigenvalue weighted by Crippen LogP contribution is -2.42. The number of rotatable bonds is 2. The van der Waals surface area contributed by atoms with Crippen LogP contribution in [-0.4, -0.2) is 39.7 Å². The Morgan fingerprint density at radius 2 is 2.04 bits per heavy atom. The summed E-state index contributed by atoms with van der Waals surface area (Å²) in [6, 6.07) is 10.2. The molecule has 0 unspecified atom stereocenters. The minimum atomic E-state index is -0.463. The quantitative estimate of drug-likeness (QED) is 0.899. The normalized spacial score (nSPS) is 18.5. The summed E-state index contributed by atoms with van der Waals surface area (Å²) in [6.07, 6.45) is 3.63. The molecule has 0 aliphatic carbocycles. The number of aromatic nitrogens is 2. The number of hydrogen-bond donors (Lipinski definition) is 1. The van der Waals surface area contributed by atoms with E-state index in [1.54, 1.807) is 4.90 Å². The van der Waals surface area contributed by atoms with Crippen molar-refractivity contribution in [2.24, 2.45) is 0 Å². The van der Waals surface area contributed by atoms with Gasteiger partial charge in [0.15, 0.2) is 0 Å². The fourth-order valence-electron chi connectivity index (χ4n) is 3.00. The first-order valence-electron chi connectivity index (χ1n) is 8.50. The summed E-state index contributed by atoms with van der Waals surface area (Å²) in [6.45, 7) is 7.08. The summed E-state index contributed by atoms with van der Waals surface area (Å²) in [5.74, 6) is 1.17. The molecule has 1 fully saturated rings. The van der Waals surface area contributed by atoms with Gasteiger partial charge in [-0.1, -0.05) is 30.3 Å². The molecular formula is C19H25N3O2. The van der Waals surface area contributed by atoms with E-state index in [1.807, 2.05) is 45.2 Å². The molecule has 1 aliphatic rings. The van der Waals surface area contributed by atoms with Crippen LogP contribution in [0.25, 0.3) is 11.3 Å². The van der Waals surface area contributed by atoms with E-state index >= 15 is 0 Å². The lowest BCUT2D eigenvalue weighted by atomic mass is 9.98. The van der Waals surface area contributed by atoms with E-state index in [-0.39, 0.29) is 12.0 Å². The van der Waals surface area contributed by atoms with Crippen LogP contribution in [0.3, 0.4) is 0 Å². The maximum atomic E-state index is 12.3. The zero-order chi connectivity index (χ0) is 17.2. The lowest BCUT2D eigenvalue weighted by Gasteiger charge is -2.33. The molecule has 2 heterocycles. The standard InChI is InChI=1S/C19H25N3O2/c1-19(2,3)24-18(23)22-11-7-10-15(13-22)17-20-12-16(21-17)14-8-5-4-6-9-14/h4-6,8-9,12,15H,7,10-11,13H2,1-3H3,(H,20,21)/t15-/m0/s1. The first-order chi connectivity index (χ1) is 11.4. The molecule has 24 heavy (non-hydrogen) atoms. The zero-order valence-corrected chi connectivity index (χ0v) is 14.6. The molecule has 0 radical (unpaired) electrons. The SMILES string of the molecule is CC(C)(C)OC(=O)N1CCC[C@H](c2ncc(-c3ccccc3)[nH]2)C1. The number of aromatic amines is 1. The molecule has 3 rings (SSSR count). The molecule has 1 aromatic heterocycles. The van der Waals surface area contributed by atoms with Gasteiger partial charge in [0.25, 0.3) is 0 Å². The highest BCUT2D eigenvalue weighted by molar-refractivity contribution is 5.68. The van der Waals surface area contributed by atoms with E-state index in [0.29, 0.717) is 6.54 Å². The smallest absolute Gasteiger partial charge is 0.410 e. The minimum absolute atomic E-state index is 0.226. The third-order valence-corrected chi connectivity index (χ3v) is 4.14. The van der Waals surface area contributed by atoms with Crippen molar-refractivity contribution in [1.82, 2.24) is 14.9 Å². The van der Waals surface area contributed by atoms with E-state index in [9.17, 15) is 4.79 Å². The molecule has 0 bridgehead atoms. The first-order valence-corrected chi connectivity index (χ1v) is 8.50. The number of carbonyl (C=O) groups excluding carboxylic acids is 1. The van der Waals surface area contributed by atoms with Crippen LogP contribution in [0.2, 0.25) is 0 Å². The molecular weight excluding hydrogens is 302 g/mol. The summed E-state index contributed by atoms with van der Waals surface area (Å²) in [7, 11) is 0. The van der Waals surface area contributed by atoms with E-state index < -0.39 is 5.60 Å². The van der Waals surface area contributed by atoms with Crippen LogP contribution in [-0.2, 0) is 4.74 Å². The summed E-state index contributed by atoms with van der Waals surface area (Å²) in [4.78, 5) is 22.1. The van der Waals surface area contributed by atoms with Gasteiger partial charge in [-0.2, -0.15) is 0 Å². The van der Waals surface area contributed by atoms with Crippen LogP contribution in [0.5, 0.6) is 0 Å². The summed E-state index contributed by atoms with van der Waals surface area (Å²) in [5.41, 5.74) is 1.67. The maximum Gasteiger partial charge on any atom is 0.410 e. The molecule has 1 aromatic carbocycles. The molecule has 128 valence electrons. The summed E-state index contributed by atoms with van der Waals surface area (Å²) < 4.78 is 5.49. The first kappa shape index (κ1) is 16.6. The van der Waals surface area contributed by atoms with Gasteiger partial charge in [-0.05, 0) is 39.2 Å². The fraction of sp³-hybridized carbons (Fsp3) is 0.474. The van der Waals surface area contributed by atoms with Crippen LogP contribution in [0.4, 0.5) is 4.79 Å². The zero-order valence-electron chi connectivity index (χ0n) is 14.6. The van der Waals surface area contributed by atoms with E-state index in [0.717, 1.165) is 36.5 Å². The topological polar surface area (TPSA) is 58.2 Å². The summed E-state index contributed by atoms with van der Waals surface area (Å²) in [5, 5.41) is 0. The number of nitrogens with one attached hydrogen (secondary N) is 1.